The number of aromatic nitrogens is 2. The molecule has 2 heterocycles. The Labute approximate surface area is 122 Å². The van der Waals surface area contributed by atoms with Crippen molar-refractivity contribution in [3.63, 3.8) is 0 Å². The second-order valence-electron chi connectivity index (χ2n) is 5.42. The number of amides is 2. The Hall–Kier alpha value is -1.95. The average Bonchev–Trinajstić information content (AvgIpc) is 2.88. The summed E-state index contributed by atoms with van der Waals surface area (Å²) in [5.41, 5.74) is 2.33. The molecule has 2 amide bonds. The highest BCUT2D eigenvalue weighted by Gasteiger charge is 2.14. The van der Waals surface area contributed by atoms with E-state index in [1.54, 1.807) is 23.7 Å². The van der Waals surface area contributed by atoms with Crippen LogP contribution in [0, 0.1) is 0 Å². The lowest BCUT2D eigenvalue weighted by atomic mass is 10.1. The van der Waals surface area contributed by atoms with Crippen LogP contribution in [0.1, 0.15) is 26.5 Å². The predicted octanol–water partition coefficient (Wildman–Crippen LogP) is 2.80. The van der Waals surface area contributed by atoms with Crippen LogP contribution in [0.5, 0.6) is 0 Å². The number of urea groups is 1. The molecule has 2 aromatic heterocycles. The fourth-order valence-electron chi connectivity index (χ4n) is 1.69. The van der Waals surface area contributed by atoms with Crippen molar-refractivity contribution < 1.29 is 4.79 Å². The molecule has 2 aromatic rings. The Bertz CT molecular complexity index is 575. The maximum atomic E-state index is 11.8. The average molecular weight is 290 g/mol. The van der Waals surface area contributed by atoms with Crippen molar-refractivity contribution in [2.45, 2.75) is 32.9 Å². The Balaban J connectivity index is 2.06. The van der Waals surface area contributed by atoms with Crippen LogP contribution in [0.15, 0.2) is 29.2 Å². The van der Waals surface area contributed by atoms with Gasteiger partial charge in [0.25, 0.3) is 0 Å². The monoisotopic (exact) mass is 290 g/mol. The molecular formula is C14H18N4OS. The number of hydrogen-bond acceptors (Lipinski definition) is 4. The summed E-state index contributed by atoms with van der Waals surface area (Å²) in [6.45, 7) is 6.16. The largest absolute Gasteiger partial charge is 0.334 e. The van der Waals surface area contributed by atoms with E-state index in [9.17, 15) is 4.79 Å². The van der Waals surface area contributed by atoms with Crippen molar-refractivity contribution in [2.75, 3.05) is 0 Å². The highest BCUT2D eigenvalue weighted by Crippen LogP contribution is 2.22. The van der Waals surface area contributed by atoms with Crippen LogP contribution in [0.2, 0.25) is 0 Å². The molecule has 0 fully saturated rings. The van der Waals surface area contributed by atoms with Crippen LogP contribution in [0.25, 0.3) is 11.3 Å². The lowest BCUT2D eigenvalue weighted by Crippen LogP contribution is -2.46. The highest BCUT2D eigenvalue weighted by molar-refractivity contribution is 7.08. The van der Waals surface area contributed by atoms with Gasteiger partial charge in [-0.2, -0.15) is 11.3 Å². The van der Waals surface area contributed by atoms with Crippen molar-refractivity contribution in [3.05, 3.63) is 34.9 Å². The summed E-state index contributed by atoms with van der Waals surface area (Å²) < 4.78 is 0. The predicted molar refractivity (Wildman–Crippen MR) is 80.5 cm³/mol. The fraction of sp³-hybridized carbons (Fsp3) is 0.357. The molecule has 20 heavy (non-hydrogen) atoms. The zero-order valence-corrected chi connectivity index (χ0v) is 12.6. The van der Waals surface area contributed by atoms with Crippen molar-refractivity contribution >= 4 is 17.4 Å². The topological polar surface area (TPSA) is 66.9 Å². The molecule has 0 atom stereocenters. The van der Waals surface area contributed by atoms with Gasteiger partial charge >= 0.3 is 6.03 Å². The Morgan fingerprint density at radius 3 is 2.70 bits per heavy atom. The molecule has 6 heteroatoms. The Kier molecular flexibility index (Phi) is 4.34. The number of carbonyl (C=O) groups excluding carboxylic acids is 1. The third kappa shape index (κ3) is 4.03. The van der Waals surface area contributed by atoms with Crippen LogP contribution < -0.4 is 10.6 Å². The van der Waals surface area contributed by atoms with E-state index in [1.165, 1.54) is 0 Å². The molecule has 0 aliphatic carbocycles. The zero-order valence-electron chi connectivity index (χ0n) is 11.8. The lowest BCUT2D eigenvalue weighted by molar-refractivity contribution is 0.231. The summed E-state index contributed by atoms with van der Waals surface area (Å²) in [7, 11) is 0. The number of nitrogens with one attached hydrogen (secondary N) is 2. The van der Waals surface area contributed by atoms with Gasteiger partial charge in [0.2, 0.25) is 0 Å². The first-order chi connectivity index (χ1) is 9.46. The molecule has 2 rings (SSSR count). The molecule has 0 aliphatic heterocycles. The van der Waals surface area contributed by atoms with Crippen molar-refractivity contribution in [2.24, 2.45) is 0 Å². The summed E-state index contributed by atoms with van der Waals surface area (Å²) in [6.07, 6.45) is 3.29. The van der Waals surface area contributed by atoms with E-state index in [1.807, 2.05) is 37.6 Å². The van der Waals surface area contributed by atoms with Crippen LogP contribution >= 0.6 is 11.3 Å². The smallest absolute Gasteiger partial charge is 0.315 e. The summed E-state index contributed by atoms with van der Waals surface area (Å²) >= 11 is 1.61. The molecular weight excluding hydrogens is 272 g/mol. The van der Waals surface area contributed by atoms with Crippen LogP contribution in [-0.2, 0) is 6.54 Å². The van der Waals surface area contributed by atoms with Gasteiger partial charge in [-0.3, -0.25) is 9.97 Å². The fourth-order valence-corrected chi connectivity index (χ4v) is 2.33. The molecule has 0 aliphatic rings. The van der Waals surface area contributed by atoms with Gasteiger partial charge in [0, 0.05) is 28.9 Å². The van der Waals surface area contributed by atoms with E-state index >= 15 is 0 Å². The normalized spacial score (nSPS) is 11.2. The van der Waals surface area contributed by atoms with E-state index in [-0.39, 0.29) is 11.6 Å². The molecule has 106 valence electrons. The van der Waals surface area contributed by atoms with Gasteiger partial charge in [-0.05, 0) is 32.2 Å². The van der Waals surface area contributed by atoms with Gasteiger partial charge < -0.3 is 10.6 Å². The van der Waals surface area contributed by atoms with E-state index in [4.69, 9.17) is 0 Å². The maximum absolute atomic E-state index is 11.8. The number of rotatable bonds is 3. The minimum atomic E-state index is -0.261. The molecule has 0 unspecified atom stereocenters. The first-order valence-corrected chi connectivity index (χ1v) is 7.28. The van der Waals surface area contributed by atoms with Crippen molar-refractivity contribution in [1.82, 2.24) is 20.6 Å². The summed E-state index contributed by atoms with van der Waals surface area (Å²) in [6, 6.07) is 1.78. The third-order valence-electron chi connectivity index (χ3n) is 2.47. The molecule has 0 aromatic carbocycles. The number of thiophene rings is 1. The molecule has 0 bridgehead atoms. The molecule has 5 nitrogen and oxygen atoms in total. The quantitative estimate of drug-likeness (QED) is 0.913. The zero-order chi connectivity index (χ0) is 14.6. The second-order valence-corrected chi connectivity index (χ2v) is 6.20. The minimum Gasteiger partial charge on any atom is -0.334 e. The van der Waals surface area contributed by atoms with Crippen LogP contribution in [0.4, 0.5) is 4.79 Å². The first-order valence-electron chi connectivity index (χ1n) is 6.34. The molecule has 0 radical (unpaired) electrons. The number of carbonyl (C=O) groups is 1. The van der Waals surface area contributed by atoms with E-state index in [0.717, 1.165) is 17.0 Å². The van der Waals surface area contributed by atoms with Crippen molar-refractivity contribution in [3.8, 4) is 11.3 Å². The van der Waals surface area contributed by atoms with Gasteiger partial charge in [-0.1, -0.05) is 0 Å². The minimum absolute atomic E-state index is 0.209. The Morgan fingerprint density at radius 2 is 2.05 bits per heavy atom. The molecule has 0 saturated heterocycles. The molecule has 0 spiro atoms. The van der Waals surface area contributed by atoms with E-state index in [0.29, 0.717) is 6.54 Å². The first kappa shape index (κ1) is 14.5. The standard InChI is InChI=1S/C14H18N4OS/c1-14(2,3)18-13(19)17-8-11-12(16-6-5-15-11)10-4-7-20-9-10/h4-7,9H,8H2,1-3H3,(H2,17,18,19). The van der Waals surface area contributed by atoms with Gasteiger partial charge in [0.15, 0.2) is 0 Å². The maximum Gasteiger partial charge on any atom is 0.315 e. The number of nitrogens with zero attached hydrogens (tertiary/aromatic N) is 2. The van der Waals surface area contributed by atoms with Crippen molar-refractivity contribution in [1.29, 1.82) is 0 Å². The van der Waals surface area contributed by atoms with Crippen LogP contribution in [-0.4, -0.2) is 21.5 Å². The number of hydrogen-bond donors (Lipinski definition) is 2. The van der Waals surface area contributed by atoms with Gasteiger partial charge in [-0.15, -0.1) is 0 Å². The Morgan fingerprint density at radius 1 is 1.30 bits per heavy atom. The molecule has 2 N–H and O–H groups in total. The third-order valence-corrected chi connectivity index (χ3v) is 3.16. The second kappa shape index (κ2) is 6.00. The summed E-state index contributed by atoms with van der Waals surface area (Å²) in [4.78, 5) is 20.4. The molecule has 0 saturated carbocycles. The van der Waals surface area contributed by atoms with Gasteiger partial charge in [-0.25, -0.2) is 4.79 Å². The summed E-state index contributed by atoms with van der Waals surface area (Å²) in [5.74, 6) is 0. The summed E-state index contributed by atoms with van der Waals surface area (Å²) in [5, 5.41) is 9.67. The van der Waals surface area contributed by atoms with Crippen LogP contribution in [0.3, 0.4) is 0 Å². The lowest BCUT2D eigenvalue weighted by Gasteiger charge is -2.20. The van der Waals surface area contributed by atoms with Gasteiger partial charge in [0.05, 0.1) is 17.9 Å². The van der Waals surface area contributed by atoms with Gasteiger partial charge in [0.1, 0.15) is 0 Å². The SMILES string of the molecule is CC(C)(C)NC(=O)NCc1nccnc1-c1ccsc1. The highest BCUT2D eigenvalue weighted by atomic mass is 32.1. The van der Waals surface area contributed by atoms with E-state index in [2.05, 4.69) is 20.6 Å². The van der Waals surface area contributed by atoms with E-state index < -0.39 is 0 Å².